The molecular weight excluding hydrogens is 420 g/mol. The molecule has 0 radical (unpaired) electrons. The third-order valence-electron chi connectivity index (χ3n) is 5.27. The van der Waals surface area contributed by atoms with Crippen molar-refractivity contribution >= 4 is 33.3 Å². The summed E-state index contributed by atoms with van der Waals surface area (Å²) < 4.78 is 5.17. The van der Waals surface area contributed by atoms with Crippen LogP contribution in [-0.4, -0.2) is 36.1 Å². The molecule has 0 unspecified atom stereocenters. The highest BCUT2D eigenvalue weighted by Crippen LogP contribution is 2.40. The van der Waals surface area contributed by atoms with Gasteiger partial charge in [0.05, 0.1) is 12.5 Å². The van der Waals surface area contributed by atoms with Crippen molar-refractivity contribution < 1.29 is 9.53 Å². The van der Waals surface area contributed by atoms with Gasteiger partial charge in [0, 0.05) is 30.0 Å². The van der Waals surface area contributed by atoms with Crippen LogP contribution < -0.4 is 15.4 Å². The highest BCUT2D eigenvalue weighted by atomic mass is 32.1. The van der Waals surface area contributed by atoms with Crippen LogP contribution in [0.1, 0.15) is 16.9 Å². The van der Waals surface area contributed by atoms with E-state index in [0.29, 0.717) is 19.5 Å². The number of anilines is 1. The van der Waals surface area contributed by atoms with Crippen LogP contribution in [0, 0.1) is 6.92 Å². The monoisotopic (exact) mass is 446 g/mol. The molecule has 0 saturated heterocycles. The number of amides is 1. The third-order valence-corrected chi connectivity index (χ3v) is 6.28. The number of hydrogen-bond donors (Lipinski definition) is 2. The summed E-state index contributed by atoms with van der Waals surface area (Å²) in [4.78, 5) is 23.3. The zero-order valence-electron chi connectivity index (χ0n) is 18.2. The normalized spacial score (nSPS) is 10.8. The topological polar surface area (TPSA) is 76.1 Å². The number of fused-ring (bicyclic) bond motifs is 1. The summed E-state index contributed by atoms with van der Waals surface area (Å²) in [5.41, 5.74) is 3.46. The van der Waals surface area contributed by atoms with Gasteiger partial charge in [-0.05, 0) is 36.6 Å². The fourth-order valence-electron chi connectivity index (χ4n) is 3.65. The molecule has 4 rings (SSSR count). The lowest BCUT2D eigenvalue weighted by molar-refractivity contribution is -0.120. The molecule has 0 atom stereocenters. The molecule has 1 amide bonds. The minimum atomic E-state index is 0.0149. The van der Waals surface area contributed by atoms with Crippen LogP contribution in [0.5, 0.6) is 5.75 Å². The largest absolute Gasteiger partial charge is 0.497 e. The van der Waals surface area contributed by atoms with Crippen molar-refractivity contribution in [1.82, 2.24) is 15.3 Å². The molecule has 0 bridgehead atoms. The van der Waals surface area contributed by atoms with Gasteiger partial charge in [0.25, 0.3) is 0 Å². The number of hydrogen-bond acceptors (Lipinski definition) is 6. The molecule has 0 aliphatic carbocycles. The molecule has 0 fully saturated rings. The minimum absolute atomic E-state index is 0.0149. The second kappa shape index (κ2) is 10.2. The first kappa shape index (κ1) is 21.8. The summed E-state index contributed by atoms with van der Waals surface area (Å²) in [5, 5.41) is 7.34. The van der Waals surface area contributed by atoms with Crippen molar-refractivity contribution in [2.45, 2.75) is 19.8 Å². The summed E-state index contributed by atoms with van der Waals surface area (Å²) in [5.74, 6) is 1.62. The van der Waals surface area contributed by atoms with E-state index < -0.39 is 0 Å². The molecule has 2 aromatic heterocycles. The number of aryl methyl sites for hydroxylation is 1. The number of benzene rings is 2. The van der Waals surface area contributed by atoms with E-state index >= 15 is 0 Å². The number of carbonyl (C=O) groups is 1. The third kappa shape index (κ3) is 5.06. The van der Waals surface area contributed by atoms with Gasteiger partial charge in [-0.1, -0.05) is 42.5 Å². The van der Waals surface area contributed by atoms with Crippen molar-refractivity contribution in [3.05, 3.63) is 71.4 Å². The number of rotatable bonds is 9. The number of thiophene rings is 1. The first-order valence-electron chi connectivity index (χ1n) is 10.6. The first-order valence-corrected chi connectivity index (χ1v) is 11.4. The van der Waals surface area contributed by atoms with Crippen LogP contribution in [0.25, 0.3) is 21.3 Å². The Morgan fingerprint density at radius 1 is 1.03 bits per heavy atom. The van der Waals surface area contributed by atoms with Gasteiger partial charge < -0.3 is 15.4 Å². The molecule has 0 spiro atoms. The fourth-order valence-corrected chi connectivity index (χ4v) is 4.66. The first-order chi connectivity index (χ1) is 15.7. The second-order valence-electron chi connectivity index (χ2n) is 7.43. The Labute approximate surface area is 191 Å². The van der Waals surface area contributed by atoms with E-state index in [9.17, 15) is 4.79 Å². The Morgan fingerprint density at radius 3 is 2.56 bits per heavy atom. The molecule has 2 aromatic carbocycles. The highest BCUT2D eigenvalue weighted by molar-refractivity contribution is 7.19. The molecule has 0 saturated carbocycles. The maximum atomic E-state index is 12.3. The SMILES string of the molecule is COc1ccc(CCNC(=O)CCNc2ncnc3sc(C)c(-c4ccccc4)c23)cc1. The Bertz CT molecular complexity index is 1190. The molecule has 0 aliphatic heterocycles. The van der Waals surface area contributed by atoms with Crippen molar-refractivity contribution in [3.63, 3.8) is 0 Å². The zero-order valence-corrected chi connectivity index (χ0v) is 19.0. The average Bonchev–Trinajstić information content (AvgIpc) is 3.16. The van der Waals surface area contributed by atoms with Crippen molar-refractivity contribution in [1.29, 1.82) is 0 Å². The summed E-state index contributed by atoms with van der Waals surface area (Å²) in [6.07, 6.45) is 2.73. The number of methoxy groups -OCH3 is 1. The Morgan fingerprint density at radius 2 is 1.81 bits per heavy atom. The van der Waals surface area contributed by atoms with Crippen LogP contribution in [0.15, 0.2) is 60.9 Å². The van der Waals surface area contributed by atoms with E-state index in [4.69, 9.17) is 4.74 Å². The molecule has 2 N–H and O–H groups in total. The van der Waals surface area contributed by atoms with Crippen LogP contribution in [0.4, 0.5) is 5.82 Å². The van der Waals surface area contributed by atoms with Crippen molar-refractivity contribution in [2.24, 2.45) is 0 Å². The smallest absolute Gasteiger partial charge is 0.221 e. The summed E-state index contributed by atoms with van der Waals surface area (Å²) in [6, 6.07) is 18.2. The highest BCUT2D eigenvalue weighted by Gasteiger charge is 2.16. The van der Waals surface area contributed by atoms with Gasteiger partial charge in [0.1, 0.15) is 22.7 Å². The standard InChI is InChI=1S/C25H26N4O2S/c1-17-22(19-6-4-3-5-7-19)23-24(28-16-29-25(23)32-17)27-15-13-21(30)26-14-12-18-8-10-20(31-2)11-9-18/h3-11,16H,12-15H2,1-2H3,(H,26,30)(H,27,28,29). The lowest BCUT2D eigenvalue weighted by Crippen LogP contribution is -2.27. The van der Waals surface area contributed by atoms with Crippen LogP contribution in [-0.2, 0) is 11.2 Å². The fraction of sp³-hybridized carbons (Fsp3) is 0.240. The maximum absolute atomic E-state index is 12.3. The summed E-state index contributed by atoms with van der Waals surface area (Å²) in [6.45, 7) is 3.21. The van der Waals surface area contributed by atoms with Gasteiger partial charge in [-0.25, -0.2) is 9.97 Å². The van der Waals surface area contributed by atoms with Crippen molar-refractivity contribution in [2.75, 3.05) is 25.5 Å². The van der Waals surface area contributed by atoms with E-state index in [-0.39, 0.29) is 5.91 Å². The van der Waals surface area contributed by atoms with Crippen LogP contribution in [0.2, 0.25) is 0 Å². The van der Waals surface area contributed by atoms with Crippen LogP contribution >= 0.6 is 11.3 Å². The molecular formula is C25H26N4O2S. The van der Waals surface area contributed by atoms with E-state index in [0.717, 1.165) is 44.9 Å². The lowest BCUT2D eigenvalue weighted by atomic mass is 10.0. The van der Waals surface area contributed by atoms with Crippen molar-refractivity contribution in [3.8, 4) is 16.9 Å². The quantitative estimate of drug-likeness (QED) is 0.385. The van der Waals surface area contributed by atoms with E-state index in [1.54, 1.807) is 24.8 Å². The predicted molar refractivity (Wildman–Crippen MR) is 130 cm³/mol. The number of nitrogens with one attached hydrogen (secondary N) is 2. The minimum Gasteiger partial charge on any atom is -0.497 e. The second-order valence-corrected chi connectivity index (χ2v) is 8.63. The lowest BCUT2D eigenvalue weighted by Gasteiger charge is -2.10. The van der Waals surface area contributed by atoms with E-state index in [1.807, 2.05) is 42.5 Å². The molecule has 32 heavy (non-hydrogen) atoms. The summed E-state index contributed by atoms with van der Waals surface area (Å²) >= 11 is 1.66. The summed E-state index contributed by atoms with van der Waals surface area (Å²) in [7, 11) is 1.65. The molecule has 7 heteroatoms. The average molecular weight is 447 g/mol. The maximum Gasteiger partial charge on any atom is 0.221 e. The van der Waals surface area contributed by atoms with Crippen LogP contribution in [0.3, 0.4) is 0 Å². The molecule has 6 nitrogen and oxygen atoms in total. The Hall–Kier alpha value is -3.45. The van der Waals surface area contributed by atoms with Gasteiger partial charge in [-0.3, -0.25) is 4.79 Å². The Kier molecular flexibility index (Phi) is 6.97. The van der Waals surface area contributed by atoms with E-state index in [1.165, 1.54) is 4.88 Å². The van der Waals surface area contributed by atoms with Gasteiger partial charge in [0.2, 0.25) is 5.91 Å². The van der Waals surface area contributed by atoms with Gasteiger partial charge in [-0.2, -0.15) is 0 Å². The number of ether oxygens (including phenoxy) is 1. The van der Waals surface area contributed by atoms with E-state index in [2.05, 4.69) is 39.7 Å². The van der Waals surface area contributed by atoms with Gasteiger partial charge in [-0.15, -0.1) is 11.3 Å². The number of aromatic nitrogens is 2. The Balaban J connectivity index is 1.34. The number of nitrogens with zero attached hydrogens (tertiary/aromatic N) is 2. The van der Waals surface area contributed by atoms with Gasteiger partial charge in [0.15, 0.2) is 0 Å². The molecule has 2 heterocycles. The number of carbonyl (C=O) groups excluding carboxylic acids is 1. The van der Waals surface area contributed by atoms with Gasteiger partial charge >= 0.3 is 0 Å². The zero-order chi connectivity index (χ0) is 22.3. The molecule has 164 valence electrons. The molecule has 4 aromatic rings. The predicted octanol–water partition coefficient (Wildman–Crippen LogP) is 4.84. The molecule has 0 aliphatic rings.